The fraction of sp³-hybridized carbons (Fsp3) is 0.318. The Morgan fingerprint density at radius 1 is 1.20 bits per heavy atom. The highest BCUT2D eigenvalue weighted by Crippen LogP contribution is 2.20. The average Bonchev–Trinajstić information content (AvgIpc) is 2.78. The third kappa shape index (κ3) is 5.27. The highest BCUT2D eigenvalue weighted by molar-refractivity contribution is 7.89. The van der Waals surface area contributed by atoms with E-state index in [1.165, 1.54) is 16.4 Å². The van der Waals surface area contributed by atoms with Crippen molar-refractivity contribution in [2.75, 3.05) is 40.0 Å². The first-order valence-corrected chi connectivity index (χ1v) is 11.1. The Balaban J connectivity index is 1.70. The predicted octanol–water partition coefficient (Wildman–Crippen LogP) is 2.54. The Bertz CT molecular complexity index is 983. The van der Waals surface area contributed by atoms with Crippen molar-refractivity contribution in [3.63, 3.8) is 0 Å². The van der Waals surface area contributed by atoms with Gasteiger partial charge in [-0.2, -0.15) is 4.31 Å². The van der Waals surface area contributed by atoms with Crippen LogP contribution >= 0.6 is 0 Å². The SMILES string of the molecule is C=CCOc1ccc(CN(C)C(=O)c2cccc(S(=O)(=O)N3CCOCC3)c2)cc1. The molecule has 30 heavy (non-hydrogen) atoms. The van der Waals surface area contributed by atoms with Crippen molar-refractivity contribution >= 4 is 15.9 Å². The van der Waals surface area contributed by atoms with Gasteiger partial charge >= 0.3 is 0 Å². The third-order valence-electron chi connectivity index (χ3n) is 4.75. The minimum Gasteiger partial charge on any atom is -0.490 e. The number of rotatable bonds is 8. The van der Waals surface area contributed by atoms with Gasteiger partial charge in [-0.15, -0.1) is 0 Å². The van der Waals surface area contributed by atoms with Crippen molar-refractivity contribution in [3.05, 3.63) is 72.3 Å². The second kappa shape index (κ2) is 9.88. The summed E-state index contributed by atoms with van der Waals surface area (Å²) in [6.07, 6.45) is 1.67. The van der Waals surface area contributed by atoms with Crippen molar-refractivity contribution in [2.24, 2.45) is 0 Å². The molecule has 160 valence electrons. The number of benzene rings is 2. The van der Waals surface area contributed by atoms with Crippen molar-refractivity contribution < 1.29 is 22.7 Å². The van der Waals surface area contributed by atoms with Gasteiger partial charge in [0.05, 0.1) is 18.1 Å². The van der Waals surface area contributed by atoms with E-state index < -0.39 is 10.0 Å². The summed E-state index contributed by atoms with van der Waals surface area (Å²) in [5.41, 5.74) is 1.27. The molecule has 1 saturated heterocycles. The molecule has 0 atom stereocenters. The lowest BCUT2D eigenvalue weighted by Crippen LogP contribution is -2.40. The average molecular weight is 431 g/mol. The largest absolute Gasteiger partial charge is 0.490 e. The standard InChI is InChI=1S/C22H26N2O5S/c1-3-13-29-20-9-7-18(8-10-20)17-23(2)22(25)19-5-4-6-21(16-19)30(26,27)24-11-14-28-15-12-24/h3-10,16H,1,11-15,17H2,2H3. The number of hydrogen-bond donors (Lipinski definition) is 0. The molecule has 1 aliphatic heterocycles. The summed E-state index contributed by atoms with van der Waals surface area (Å²) in [4.78, 5) is 14.5. The highest BCUT2D eigenvalue weighted by Gasteiger charge is 2.27. The maximum absolute atomic E-state index is 12.9. The summed E-state index contributed by atoms with van der Waals surface area (Å²) in [7, 11) is -1.97. The van der Waals surface area contributed by atoms with Gasteiger partial charge in [0.1, 0.15) is 12.4 Å². The second-order valence-electron chi connectivity index (χ2n) is 6.95. The zero-order valence-electron chi connectivity index (χ0n) is 17.0. The van der Waals surface area contributed by atoms with E-state index in [0.29, 0.717) is 45.0 Å². The maximum atomic E-state index is 12.9. The molecule has 7 nitrogen and oxygen atoms in total. The molecule has 0 bridgehead atoms. The van der Waals surface area contributed by atoms with Crippen LogP contribution in [0.1, 0.15) is 15.9 Å². The number of nitrogens with zero attached hydrogens (tertiary/aromatic N) is 2. The van der Waals surface area contributed by atoms with E-state index in [-0.39, 0.29) is 10.8 Å². The molecule has 3 rings (SSSR count). The molecule has 1 aliphatic rings. The van der Waals surface area contributed by atoms with E-state index in [9.17, 15) is 13.2 Å². The molecule has 8 heteroatoms. The molecule has 0 radical (unpaired) electrons. The smallest absolute Gasteiger partial charge is 0.253 e. The van der Waals surface area contributed by atoms with Gasteiger partial charge in [0.25, 0.3) is 5.91 Å². The van der Waals surface area contributed by atoms with E-state index in [1.807, 2.05) is 24.3 Å². The third-order valence-corrected chi connectivity index (χ3v) is 6.64. The minimum absolute atomic E-state index is 0.118. The molecule has 0 saturated carbocycles. The fourth-order valence-electron chi connectivity index (χ4n) is 3.14. The van der Waals surface area contributed by atoms with E-state index in [0.717, 1.165) is 11.3 Å². The molecule has 0 unspecified atom stereocenters. The van der Waals surface area contributed by atoms with E-state index in [1.54, 1.807) is 30.2 Å². The van der Waals surface area contributed by atoms with Crippen LogP contribution in [0.2, 0.25) is 0 Å². The maximum Gasteiger partial charge on any atom is 0.253 e. The van der Waals surface area contributed by atoms with E-state index in [2.05, 4.69) is 6.58 Å². The summed E-state index contributed by atoms with van der Waals surface area (Å²) in [5, 5.41) is 0. The Morgan fingerprint density at radius 3 is 2.57 bits per heavy atom. The zero-order chi connectivity index (χ0) is 21.6. The second-order valence-corrected chi connectivity index (χ2v) is 8.89. The molecule has 0 spiro atoms. The summed E-state index contributed by atoms with van der Waals surface area (Å²) in [6, 6.07) is 13.6. The Morgan fingerprint density at radius 2 is 1.90 bits per heavy atom. The molecule has 1 amide bonds. The van der Waals surface area contributed by atoms with Crippen LogP contribution < -0.4 is 4.74 Å². The van der Waals surface area contributed by atoms with Crippen LogP contribution in [0, 0.1) is 0 Å². The number of amides is 1. The number of carbonyl (C=O) groups excluding carboxylic acids is 1. The molecular formula is C22H26N2O5S. The monoisotopic (exact) mass is 430 g/mol. The van der Waals surface area contributed by atoms with Gasteiger partial charge in [0, 0.05) is 32.2 Å². The molecule has 2 aromatic carbocycles. The lowest BCUT2D eigenvalue weighted by molar-refractivity contribution is 0.0730. The Kier molecular flexibility index (Phi) is 7.25. The molecule has 1 fully saturated rings. The minimum atomic E-state index is -3.65. The first kappa shape index (κ1) is 22.0. The molecular weight excluding hydrogens is 404 g/mol. The van der Waals surface area contributed by atoms with Gasteiger partial charge in [-0.1, -0.05) is 30.9 Å². The number of hydrogen-bond acceptors (Lipinski definition) is 5. The summed E-state index contributed by atoms with van der Waals surface area (Å²) in [5.74, 6) is 0.481. The van der Waals surface area contributed by atoms with Gasteiger partial charge < -0.3 is 14.4 Å². The molecule has 0 aromatic heterocycles. The summed E-state index contributed by atoms with van der Waals surface area (Å²) >= 11 is 0. The van der Waals surface area contributed by atoms with Crippen LogP contribution in [0.15, 0.2) is 66.1 Å². The predicted molar refractivity (Wildman–Crippen MR) is 114 cm³/mol. The summed E-state index contributed by atoms with van der Waals surface area (Å²) in [6.45, 7) is 5.81. The van der Waals surface area contributed by atoms with Crippen molar-refractivity contribution in [1.82, 2.24) is 9.21 Å². The topological polar surface area (TPSA) is 76.2 Å². The molecule has 0 N–H and O–H groups in total. The van der Waals surface area contributed by atoms with Crippen molar-refractivity contribution in [1.29, 1.82) is 0 Å². The van der Waals surface area contributed by atoms with Crippen molar-refractivity contribution in [2.45, 2.75) is 11.4 Å². The number of morpholine rings is 1. The van der Waals surface area contributed by atoms with Crippen LogP contribution in [0.3, 0.4) is 0 Å². The van der Waals surface area contributed by atoms with Crippen LogP contribution in [-0.2, 0) is 21.3 Å². The van der Waals surface area contributed by atoms with Crippen molar-refractivity contribution in [3.8, 4) is 5.75 Å². The van der Waals surface area contributed by atoms with Gasteiger partial charge in [0.15, 0.2) is 0 Å². The lowest BCUT2D eigenvalue weighted by Gasteiger charge is -2.26. The van der Waals surface area contributed by atoms with E-state index >= 15 is 0 Å². The first-order chi connectivity index (χ1) is 14.4. The van der Waals surface area contributed by atoms with Crippen LogP contribution in [0.4, 0.5) is 0 Å². The van der Waals surface area contributed by atoms with Gasteiger partial charge in [-0.3, -0.25) is 4.79 Å². The van der Waals surface area contributed by atoms with Gasteiger partial charge in [-0.05, 0) is 35.9 Å². The number of sulfonamides is 1. The quantitative estimate of drug-likeness (QED) is 0.602. The lowest BCUT2D eigenvalue weighted by atomic mass is 10.1. The fourth-order valence-corrected chi connectivity index (χ4v) is 4.59. The number of carbonyl (C=O) groups is 1. The molecule has 2 aromatic rings. The van der Waals surface area contributed by atoms with Crippen LogP contribution in [-0.4, -0.2) is 63.5 Å². The van der Waals surface area contributed by atoms with E-state index in [4.69, 9.17) is 9.47 Å². The van der Waals surface area contributed by atoms with Gasteiger partial charge in [-0.25, -0.2) is 8.42 Å². The highest BCUT2D eigenvalue weighted by atomic mass is 32.2. The van der Waals surface area contributed by atoms with Gasteiger partial charge in [0.2, 0.25) is 10.0 Å². The molecule has 0 aliphatic carbocycles. The normalized spacial score (nSPS) is 14.8. The Hall–Kier alpha value is -2.68. The first-order valence-electron chi connectivity index (χ1n) is 9.68. The Labute approximate surface area is 177 Å². The molecule has 1 heterocycles. The van der Waals surface area contributed by atoms with Crippen LogP contribution in [0.25, 0.3) is 0 Å². The number of ether oxygens (including phenoxy) is 2. The summed E-state index contributed by atoms with van der Waals surface area (Å²) < 4.78 is 37.8. The zero-order valence-corrected chi connectivity index (χ0v) is 17.8. The van der Waals surface area contributed by atoms with Crippen LogP contribution in [0.5, 0.6) is 5.75 Å².